The monoisotopic (exact) mass is 261 g/mol. The van der Waals surface area contributed by atoms with Gasteiger partial charge in [0.15, 0.2) is 0 Å². The molecule has 1 aromatic carbocycles. The van der Waals surface area contributed by atoms with Gasteiger partial charge in [0.1, 0.15) is 0 Å². The van der Waals surface area contributed by atoms with Gasteiger partial charge in [-0.1, -0.05) is 18.2 Å². The molecule has 3 heteroatoms. The number of benzene rings is 1. The van der Waals surface area contributed by atoms with Crippen molar-refractivity contribution in [3.63, 3.8) is 0 Å². The highest BCUT2D eigenvalue weighted by Crippen LogP contribution is 2.35. The summed E-state index contributed by atoms with van der Waals surface area (Å²) in [6.45, 7) is 1.81. The molecule has 1 aliphatic heterocycles. The summed E-state index contributed by atoms with van der Waals surface area (Å²) in [5, 5.41) is 7.07. The van der Waals surface area contributed by atoms with Crippen molar-refractivity contribution in [2.75, 3.05) is 20.3 Å². The number of fused-ring (bicyclic) bond motifs is 1. The van der Waals surface area contributed by atoms with Crippen LogP contribution in [-0.2, 0) is 4.74 Å². The Hall–Kier alpha value is -0.900. The zero-order valence-electron chi connectivity index (χ0n) is 10.7. The third-order valence-electron chi connectivity index (χ3n) is 3.89. The molecule has 2 aromatic rings. The Morgan fingerprint density at radius 3 is 2.89 bits per heavy atom. The molecule has 1 saturated heterocycles. The molecule has 0 saturated carbocycles. The average molecular weight is 261 g/mol. The Morgan fingerprint density at radius 2 is 2.11 bits per heavy atom. The minimum absolute atomic E-state index is 0.455. The van der Waals surface area contributed by atoms with E-state index in [1.165, 1.54) is 15.6 Å². The van der Waals surface area contributed by atoms with Crippen LogP contribution in [0.4, 0.5) is 0 Å². The fourth-order valence-corrected chi connectivity index (χ4v) is 3.91. The lowest BCUT2D eigenvalue weighted by Crippen LogP contribution is -2.30. The number of rotatable bonds is 3. The molecule has 18 heavy (non-hydrogen) atoms. The number of hydrogen-bond acceptors (Lipinski definition) is 3. The van der Waals surface area contributed by atoms with Crippen molar-refractivity contribution in [1.29, 1.82) is 0 Å². The Bertz CT molecular complexity index is 516. The molecular formula is C15H19NOS. The third-order valence-corrected chi connectivity index (χ3v) is 4.87. The van der Waals surface area contributed by atoms with Gasteiger partial charge in [-0.25, -0.2) is 0 Å². The zero-order chi connectivity index (χ0) is 12.4. The normalized spacial score (nSPS) is 19.2. The standard InChI is InChI=1S/C15H19NOS/c1-16-14(11-5-8-17-9-6-11)13-4-2-3-12-7-10-18-15(12)13/h2-4,7,10-11,14,16H,5-6,8-9H2,1H3. The Morgan fingerprint density at radius 1 is 1.28 bits per heavy atom. The molecule has 0 radical (unpaired) electrons. The van der Waals surface area contributed by atoms with Crippen LogP contribution in [0.3, 0.4) is 0 Å². The van der Waals surface area contributed by atoms with E-state index in [9.17, 15) is 0 Å². The van der Waals surface area contributed by atoms with Crippen molar-refractivity contribution >= 4 is 21.4 Å². The average Bonchev–Trinajstić information content (AvgIpc) is 2.90. The van der Waals surface area contributed by atoms with Gasteiger partial charge >= 0.3 is 0 Å². The molecule has 0 spiro atoms. The lowest BCUT2D eigenvalue weighted by Gasteiger charge is -2.30. The van der Waals surface area contributed by atoms with Crippen LogP contribution < -0.4 is 5.32 Å². The molecular weight excluding hydrogens is 242 g/mol. The first-order valence-corrected chi connectivity index (χ1v) is 7.49. The van der Waals surface area contributed by atoms with E-state index >= 15 is 0 Å². The lowest BCUT2D eigenvalue weighted by molar-refractivity contribution is 0.0548. The van der Waals surface area contributed by atoms with Crippen molar-refractivity contribution in [3.8, 4) is 0 Å². The van der Waals surface area contributed by atoms with Crippen molar-refractivity contribution in [3.05, 3.63) is 35.2 Å². The molecule has 96 valence electrons. The molecule has 1 N–H and O–H groups in total. The lowest BCUT2D eigenvalue weighted by atomic mass is 9.87. The fraction of sp³-hybridized carbons (Fsp3) is 0.467. The van der Waals surface area contributed by atoms with Crippen molar-refractivity contribution in [2.24, 2.45) is 5.92 Å². The highest BCUT2D eigenvalue weighted by atomic mass is 32.1. The summed E-state index contributed by atoms with van der Waals surface area (Å²) in [6.07, 6.45) is 2.32. The Balaban J connectivity index is 1.97. The maximum atomic E-state index is 5.48. The van der Waals surface area contributed by atoms with Gasteiger partial charge in [0.25, 0.3) is 0 Å². The van der Waals surface area contributed by atoms with Gasteiger partial charge in [0.2, 0.25) is 0 Å². The molecule has 1 aromatic heterocycles. The van der Waals surface area contributed by atoms with Crippen LogP contribution in [0, 0.1) is 5.92 Å². The van der Waals surface area contributed by atoms with E-state index < -0.39 is 0 Å². The second kappa shape index (κ2) is 5.39. The molecule has 0 aliphatic carbocycles. The molecule has 1 unspecified atom stereocenters. The topological polar surface area (TPSA) is 21.3 Å². The minimum Gasteiger partial charge on any atom is -0.381 e. The highest BCUT2D eigenvalue weighted by Gasteiger charge is 2.25. The van der Waals surface area contributed by atoms with Gasteiger partial charge in [0, 0.05) is 24.0 Å². The maximum Gasteiger partial charge on any atom is 0.0469 e. The van der Waals surface area contributed by atoms with Gasteiger partial charge in [-0.15, -0.1) is 11.3 Å². The van der Waals surface area contributed by atoms with Crippen molar-refractivity contribution < 1.29 is 4.74 Å². The number of thiophene rings is 1. The number of ether oxygens (including phenoxy) is 1. The fourth-order valence-electron chi connectivity index (χ4n) is 2.96. The third kappa shape index (κ3) is 2.18. The van der Waals surface area contributed by atoms with Crippen LogP contribution in [0.25, 0.3) is 10.1 Å². The van der Waals surface area contributed by atoms with Gasteiger partial charge in [0.05, 0.1) is 0 Å². The SMILES string of the molecule is CNC(c1cccc2ccsc12)C1CCOCC1. The molecule has 1 atom stereocenters. The first kappa shape index (κ1) is 12.2. The molecule has 2 heterocycles. The summed E-state index contributed by atoms with van der Waals surface area (Å²) >= 11 is 1.85. The van der Waals surface area contributed by atoms with E-state index in [-0.39, 0.29) is 0 Å². The molecule has 1 fully saturated rings. The van der Waals surface area contributed by atoms with Gasteiger partial charge in [-0.05, 0) is 48.2 Å². The molecule has 2 nitrogen and oxygen atoms in total. The van der Waals surface area contributed by atoms with Crippen LogP contribution in [0.5, 0.6) is 0 Å². The maximum absolute atomic E-state index is 5.48. The Kier molecular flexibility index (Phi) is 3.64. The van der Waals surface area contributed by atoms with E-state index in [0.29, 0.717) is 12.0 Å². The van der Waals surface area contributed by atoms with E-state index in [0.717, 1.165) is 26.1 Å². The minimum atomic E-state index is 0.455. The summed E-state index contributed by atoms with van der Waals surface area (Å²) < 4.78 is 6.91. The van der Waals surface area contributed by atoms with Gasteiger partial charge in [-0.3, -0.25) is 0 Å². The van der Waals surface area contributed by atoms with Crippen molar-refractivity contribution in [1.82, 2.24) is 5.32 Å². The van der Waals surface area contributed by atoms with Crippen LogP contribution in [0.1, 0.15) is 24.4 Å². The predicted molar refractivity (Wildman–Crippen MR) is 77.2 cm³/mol. The molecule has 0 bridgehead atoms. The van der Waals surface area contributed by atoms with E-state index in [2.05, 4.69) is 42.0 Å². The predicted octanol–water partition coefficient (Wildman–Crippen LogP) is 3.59. The molecule has 1 aliphatic rings. The van der Waals surface area contributed by atoms with E-state index in [1.807, 2.05) is 11.3 Å². The summed E-state index contributed by atoms with van der Waals surface area (Å²) in [5.41, 5.74) is 1.46. The first-order valence-electron chi connectivity index (χ1n) is 6.61. The number of hydrogen-bond donors (Lipinski definition) is 1. The van der Waals surface area contributed by atoms with Crippen LogP contribution in [0.2, 0.25) is 0 Å². The number of nitrogens with one attached hydrogen (secondary N) is 1. The van der Waals surface area contributed by atoms with Gasteiger partial charge in [-0.2, -0.15) is 0 Å². The molecule has 0 amide bonds. The van der Waals surface area contributed by atoms with E-state index in [1.54, 1.807) is 0 Å². The summed E-state index contributed by atoms with van der Waals surface area (Å²) in [4.78, 5) is 0. The van der Waals surface area contributed by atoms with Crippen LogP contribution in [0.15, 0.2) is 29.6 Å². The summed E-state index contributed by atoms with van der Waals surface area (Å²) in [5.74, 6) is 0.691. The van der Waals surface area contributed by atoms with Crippen LogP contribution >= 0.6 is 11.3 Å². The summed E-state index contributed by atoms with van der Waals surface area (Å²) in [7, 11) is 2.08. The second-order valence-corrected chi connectivity index (χ2v) is 5.82. The first-order chi connectivity index (χ1) is 8.90. The van der Waals surface area contributed by atoms with Gasteiger partial charge < -0.3 is 10.1 Å². The zero-order valence-corrected chi connectivity index (χ0v) is 11.5. The quantitative estimate of drug-likeness (QED) is 0.911. The second-order valence-electron chi connectivity index (χ2n) is 4.90. The summed E-state index contributed by atoms with van der Waals surface area (Å²) in [6, 6.07) is 9.31. The smallest absolute Gasteiger partial charge is 0.0469 e. The van der Waals surface area contributed by atoms with Crippen LogP contribution in [-0.4, -0.2) is 20.3 Å². The van der Waals surface area contributed by atoms with Crippen molar-refractivity contribution in [2.45, 2.75) is 18.9 Å². The largest absolute Gasteiger partial charge is 0.381 e. The highest BCUT2D eigenvalue weighted by molar-refractivity contribution is 7.17. The molecule has 3 rings (SSSR count). The Labute approximate surface area is 112 Å². The van der Waals surface area contributed by atoms with E-state index in [4.69, 9.17) is 4.74 Å².